The van der Waals surface area contributed by atoms with E-state index in [1.54, 1.807) is 0 Å². The van der Waals surface area contributed by atoms with Crippen molar-refractivity contribution in [2.24, 2.45) is 5.73 Å². The summed E-state index contributed by atoms with van der Waals surface area (Å²) in [5, 5.41) is 0. The second-order valence-electron chi connectivity index (χ2n) is 3.55. The van der Waals surface area contributed by atoms with E-state index in [4.69, 9.17) is 10.5 Å². The molecule has 0 atom stereocenters. The lowest BCUT2D eigenvalue weighted by Gasteiger charge is -2.28. The maximum absolute atomic E-state index is 5.46. The minimum absolute atomic E-state index is 0.750. The molecule has 1 fully saturated rings. The molecular weight excluding hydrogens is 166 g/mol. The zero-order valence-corrected chi connectivity index (χ0v) is 8.54. The van der Waals surface area contributed by atoms with Gasteiger partial charge in [-0.25, -0.2) is 0 Å². The zero-order valence-electron chi connectivity index (χ0n) is 8.54. The normalized spacial score (nSPS) is 19.6. The van der Waals surface area contributed by atoms with Crippen LogP contribution in [0.25, 0.3) is 0 Å². The fourth-order valence-corrected chi connectivity index (χ4v) is 1.47. The van der Waals surface area contributed by atoms with Gasteiger partial charge in [0.1, 0.15) is 0 Å². The zero-order chi connectivity index (χ0) is 9.52. The first-order chi connectivity index (χ1) is 6.33. The quantitative estimate of drug-likeness (QED) is 0.612. The highest BCUT2D eigenvalue weighted by Gasteiger charge is 2.09. The van der Waals surface area contributed by atoms with E-state index in [0.29, 0.717) is 0 Å². The van der Waals surface area contributed by atoms with Crippen LogP contribution < -0.4 is 5.73 Å². The third kappa shape index (κ3) is 4.57. The van der Waals surface area contributed by atoms with Crippen molar-refractivity contribution in [1.82, 2.24) is 9.80 Å². The topological polar surface area (TPSA) is 41.7 Å². The van der Waals surface area contributed by atoms with Gasteiger partial charge < -0.3 is 15.4 Å². The van der Waals surface area contributed by atoms with Crippen LogP contribution in [0.5, 0.6) is 0 Å². The smallest absolute Gasteiger partial charge is 0.0594 e. The average Bonchev–Trinajstić information content (AvgIpc) is 2.17. The Morgan fingerprint density at radius 3 is 2.62 bits per heavy atom. The molecule has 13 heavy (non-hydrogen) atoms. The van der Waals surface area contributed by atoms with Gasteiger partial charge in [-0.05, 0) is 7.05 Å². The minimum Gasteiger partial charge on any atom is -0.379 e. The lowest BCUT2D eigenvalue weighted by atomic mass is 10.4. The van der Waals surface area contributed by atoms with E-state index in [1.807, 2.05) is 0 Å². The highest BCUT2D eigenvalue weighted by Crippen LogP contribution is 1.96. The van der Waals surface area contributed by atoms with Gasteiger partial charge in [0.05, 0.1) is 13.2 Å². The standard InChI is InChI=1S/C9H21N3O/c1-11(3-2-10)4-5-12-6-8-13-9-7-12/h2-10H2,1H3. The summed E-state index contributed by atoms with van der Waals surface area (Å²) in [5.74, 6) is 0. The van der Waals surface area contributed by atoms with Crippen LogP contribution in [0.1, 0.15) is 0 Å². The molecule has 2 N–H and O–H groups in total. The molecule has 4 heteroatoms. The summed E-state index contributed by atoms with van der Waals surface area (Å²) in [6, 6.07) is 0. The lowest BCUT2D eigenvalue weighted by Crippen LogP contribution is -2.41. The molecular formula is C9H21N3O. The number of likely N-dealkylation sites (N-methyl/N-ethyl adjacent to an activating group) is 1. The minimum atomic E-state index is 0.750. The maximum Gasteiger partial charge on any atom is 0.0594 e. The summed E-state index contributed by atoms with van der Waals surface area (Å²) >= 11 is 0. The van der Waals surface area contributed by atoms with Gasteiger partial charge in [-0.1, -0.05) is 0 Å². The van der Waals surface area contributed by atoms with Gasteiger partial charge in [-0.3, -0.25) is 4.90 Å². The molecule has 0 aromatic carbocycles. The maximum atomic E-state index is 5.46. The first-order valence-electron chi connectivity index (χ1n) is 5.01. The van der Waals surface area contributed by atoms with E-state index < -0.39 is 0 Å². The van der Waals surface area contributed by atoms with Gasteiger partial charge in [-0.2, -0.15) is 0 Å². The van der Waals surface area contributed by atoms with Crippen molar-refractivity contribution in [2.75, 3.05) is 59.5 Å². The molecule has 0 unspecified atom stereocenters. The van der Waals surface area contributed by atoms with E-state index in [1.165, 1.54) is 0 Å². The molecule has 78 valence electrons. The highest BCUT2D eigenvalue weighted by atomic mass is 16.5. The van der Waals surface area contributed by atoms with Gasteiger partial charge in [-0.15, -0.1) is 0 Å². The van der Waals surface area contributed by atoms with E-state index in [9.17, 15) is 0 Å². The largest absolute Gasteiger partial charge is 0.379 e. The molecule has 0 aromatic heterocycles. The van der Waals surface area contributed by atoms with Crippen LogP contribution in [0.15, 0.2) is 0 Å². The van der Waals surface area contributed by atoms with Crippen LogP contribution in [0.2, 0.25) is 0 Å². The van der Waals surface area contributed by atoms with E-state index >= 15 is 0 Å². The molecule has 1 heterocycles. The molecule has 0 radical (unpaired) electrons. The van der Waals surface area contributed by atoms with Gasteiger partial charge in [0, 0.05) is 39.3 Å². The molecule has 1 rings (SSSR count). The van der Waals surface area contributed by atoms with Crippen LogP contribution >= 0.6 is 0 Å². The Bertz CT molecular complexity index is 126. The molecule has 0 bridgehead atoms. The van der Waals surface area contributed by atoms with Crippen molar-refractivity contribution in [3.8, 4) is 0 Å². The Labute approximate surface area is 80.6 Å². The number of nitrogens with zero attached hydrogens (tertiary/aromatic N) is 2. The van der Waals surface area contributed by atoms with Crippen LogP contribution in [0, 0.1) is 0 Å². The fraction of sp³-hybridized carbons (Fsp3) is 1.00. The molecule has 0 aromatic rings. The van der Waals surface area contributed by atoms with E-state index in [-0.39, 0.29) is 0 Å². The molecule has 1 aliphatic heterocycles. The molecule has 0 amide bonds. The van der Waals surface area contributed by atoms with Crippen LogP contribution in [-0.2, 0) is 4.74 Å². The molecule has 1 aliphatic rings. The van der Waals surface area contributed by atoms with E-state index in [2.05, 4.69) is 16.8 Å². The highest BCUT2D eigenvalue weighted by molar-refractivity contribution is 4.63. The van der Waals surface area contributed by atoms with Gasteiger partial charge >= 0.3 is 0 Å². The summed E-state index contributed by atoms with van der Waals surface area (Å²) in [5.41, 5.74) is 5.46. The number of ether oxygens (including phenoxy) is 1. The number of morpholine rings is 1. The summed E-state index contributed by atoms with van der Waals surface area (Å²) in [7, 11) is 2.12. The fourth-order valence-electron chi connectivity index (χ4n) is 1.47. The third-order valence-electron chi connectivity index (χ3n) is 2.41. The van der Waals surface area contributed by atoms with Crippen molar-refractivity contribution >= 4 is 0 Å². The Balaban J connectivity index is 2.03. The lowest BCUT2D eigenvalue weighted by molar-refractivity contribution is 0.0346. The monoisotopic (exact) mass is 187 g/mol. The van der Waals surface area contributed by atoms with Crippen molar-refractivity contribution in [1.29, 1.82) is 0 Å². The first kappa shape index (κ1) is 10.9. The molecule has 0 saturated carbocycles. The second kappa shape index (κ2) is 6.32. The number of nitrogens with two attached hydrogens (primary N) is 1. The molecule has 1 saturated heterocycles. The van der Waals surface area contributed by atoms with Crippen LogP contribution in [0.4, 0.5) is 0 Å². The van der Waals surface area contributed by atoms with Crippen LogP contribution in [-0.4, -0.2) is 69.3 Å². The first-order valence-corrected chi connectivity index (χ1v) is 5.01. The summed E-state index contributed by atoms with van der Waals surface area (Å²) in [4.78, 5) is 4.71. The third-order valence-corrected chi connectivity index (χ3v) is 2.41. The number of rotatable bonds is 5. The molecule has 0 aliphatic carbocycles. The number of hydrogen-bond donors (Lipinski definition) is 1. The van der Waals surface area contributed by atoms with Crippen molar-refractivity contribution in [3.05, 3.63) is 0 Å². The number of hydrogen-bond acceptors (Lipinski definition) is 4. The predicted octanol–water partition coefficient (Wildman–Crippen LogP) is -0.791. The second-order valence-corrected chi connectivity index (χ2v) is 3.55. The Morgan fingerprint density at radius 1 is 1.31 bits per heavy atom. The average molecular weight is 187 g/mol. The van der Waals surface area contributed by atoms with E-state index in [0.717, 1.165) is 52.5 Å². The van der Waals surface area contributed by atoms with Crippen molar-refractivity contribution in [2.45, 2.75) is 0 Å². The van der Waals surface area contributed by atoms with Crippen LogP contribution in [0.3, 0.4) is 0 Å². The Kier molecular flexibility index (Phi) is 5.31. The predicted molar refractivity (Wildman–Crippen MR) is 53.8 cm³/mol. The summed E-state index contributed by atoms with van der Waals surface area (Å²) in [6.07, 6.45) is 0. The van der Waals surface area contributed by atoms with Gasteiger partial charge in [0.15, 0.2) is 0 Å². The SMILES string of the molecule is CN(CCN)CCN1CCOCC1. The molecule has 4 nitrogen and oxygen atoms in total. The summed E-state index contributed by atoms with van der Waals surface area (Å²) in [6.45, 7) is 7.93. The van der Waals surface area contributed by atoms with Gasteiger partial charge in [0.25, 0.3) is 0 Å². The Hall–Kier alpha value is -0.160. The van der Waals surface area contributed by atoms with Crippen molar-refractivity contribution in [3.63, 3.8) is 0 Å². The summed E-state index contributed by atoms with van der Waals surface area (Å²) < 4.78 is 5.28. The Morgan fingerprint density at radius 2 is 2.00 bits per heavy atom. The molecule has 0 spiro atoms. The van der Waals surface area contributed by atoms with Crippen molar-refractivity contribution < 1.29 is 4.74 Å². The van der Waals surface area contributed by atoms with Gasteiger partial charge in [0.2, 0.25) is 0 Å².